The molecule has 0 saturated carbocycles. The Labute approximate surface area is 203 Å². The van der Waals surface area contributed by atoms with E-state index >= 15 is 0 Å². The summed E-state index contributed by atoms with van der Waals surface area (Å²) >= 11 is 0. The number of halogens is 2. The molecule has 1 aliphatic heterocycles. The van der Waals surface area contributed by atoms with Crippen molar-refractivity contribution in [1.82, 2.24) is 0 Å². The zero-order chi connectivity index (χ0) is 26.1. The van der Waals surface area contributed by atoms with Crippen molar-refractivity contribution >= 4 is 34.7 Å². The van der Waals surface area contributed by atoms with Gasteiger partial charge in [-0.1, -0.05) is 18.2 Å². The first-order valence-electron chi connectivity index (χ1n) is 11.1. The molecule has 0 saturated heterocycles. The van der Waals surface area contributed by atoms with Gasteiger partial charge in [0.05, 0.1) is 11.4 Å². The average molecular weight is 486 g/mol. The number of nitrogens with zero attached hydrogens (tertiary/aromatic N) is 2. The Balaban J connectivity index is 1.98. The monoisotopic (exact) mass is 485 g/mol. The van der Waals surface area contributed by atoms with E-state index in [1.165, 1.54) is 30.0 Å². The second-order valence-corrected chi connectivity index (χ2v) is 9.45. The maximum absolute atomic E-state index is 15.0. The standard InChI is InChI=1S/C26H29F2N3O4/c1-16-14-18(31(29)24(34)35-25(3,4)5)10-11-19(16)23(33)30-13-12-26(27,28)21(15-17(2)32)20-8-6-7-9-22(20)30/h6-11,14-15H,12-13,29H2,1-5H3. The SMILES string of the molecule is CC(=O)C=C1c2ccccc2N(C(=O)c2ccc(N(N)C(=O)OC(C)(C)C)cc2C)CCC1(F)F. The molecule has 2 aromatic rings. The minimum atomic E-state index is -3.29. The number of ketones is 1. The summed E-state index contributed by atoms with van der Waals surface area (Å²) in [5.74, 6) is 1.62. The smallest absolute Gasteiger partial charge is 0.429 e. The molecule has 2 N–H and O–H groups in total. The van der Waals surface area contributed by atoms with Gasteiger partial charge in [-0.3, -0.25) is 9.59 Å². The number of aryl methyl sites for hydroxylation is 1. The number of para-hydroxylation sites is 1. The van der Waals surface area contributed by atoms with Gasteiger partial charge in [-0.2, -0.15) is 0 Å². The van der Waals surface area contributed by atoms with Crippen LogP contribution < -0.4 is 15.8 Å². The van der Waals surface area contributed by atoms with Crippen molar-refractivity contribution in [2.75, 3.05) is 16.5 Å². The van der Waals surface area contributed by atoms with Crippen LogP contribution in [0, 0.1) is 6.92 Å². The summed E-state index contributed by atoms with van der Waals surface area (Å²) in [6.45, 7) is 7.77. The Morgan fingerprint density at radius 3 is 2.40 bits per heavy atom. The highest BCUT2D eigenvalue weighted by Gasteiger charge is 2.41. The van der Waals surface area contributed by atoms with Crippen molar-refractivity contribution in [3.8, 4) is 0 Å². The number of carbonyl (C=O) groups is 3. The van der Waals surface area contributed by atoms with Crippen LogP contribution in [0.4, 0.5) is 25.0 Å². The maximum atomic E-state index is 15.0. The molecule has 0 radical (unpaired) electrons. The van der Waals surface area contributed by atoms with Crippen molar-refractivity contribution in [3.05, 3.63) is 65.2 Å². The number of anilines is 2. The first-order valence-corrected chi connectivity index (χ1v) is 11.1. The predicted molar refractivity (Wildman–Crippen MR) is 130 cm³/mol. The van der Waals surface area contributed by atoms with E-state index < -0.39 is 41.3 Å². The minimum Gasteiger partial charge on any atom is -0.442 e. The molecule has 0 fully saturated rings. The highest BCUT2D eigenvalue weighted by molar-refractivity contribution is 6.10. The molecule has 0 aromatic heterocycles. The molecule has 186 valence electrons. The van der Waals surface area contributed by atoms with Crippen LogP contribution >= 0.6 is 0 Å². The molecule has 2 amide bonds. The van der Waals surface area contributed by atoms with Crippen LogP contribution in [0.2, 0.25) is 0 Å². The largest absolute Gasteiger partial charge is 0.442 e. The highest BCUT2D eigenvalue weighted by Crippen LogP contribution is 2.43. The van der Waals surface area contributed by atoms with Crippen LogP contribution in [-0.4, -0.2) is 35.9 Å². The Hall–Kier alpha value is -3.59. The Kier molecular flexibility index (Phi) is 7.12. The fourth-order valence-electron chi connectivity index (χ4n) is 3.84. The van der Waals surface area contributed by atoms with Crippen molar-refractivity contribution in [1.29, 1.82) is 0 Å². The van der Waals surface area contributed by atoms with Crippen LogP contribution in [0.3, 0.4) is 0 Å². The van der Waals surface area contributed by atoms with Crippen LogP contribution in [0.1, 0.15) is 55.6 Å². The third-order valence-corrected chi connectivity index (χ3v) is 5.43. The summed E-state index contributed by atoms with van der Waals surface area (Å²) in [7, 11) is 0. The number of rotatable bonds is 3. The van der Waals surface area contributed by atoms with Crippen molar-refractivity contribution in [2.24, 2.45) is 5.84 Å². The molecule has 7 nitrogen and oxygen atoms in total. The Morgan fingerprint density at radius 1 is 1.14 bits per heavy atom. The van der Waals surface area contributed by atoms with Crippen LogP contribution in [0.25, 0.3) is 5.57 Å². The number of amides is 2. The molecular formula is C26H29F2N3O4. The zero-order valence-corrected chi connectivity index (χ0v) is 20.4. The number of benzene rings is 2. The maximum Gasteiger partial charge on any atom is 0.429 e. The lowest BCUT2D eigenvalue weighted by Crippen LogP contribution is -2.41. The highest BCUT2D eigenvalue weighted by atomic mass is 19.3. The second kappa shape index (κ2) is 9.58. The van der Waals surface area contributed by atoms with Gasteiger partial charge in [-0.15, -0.1) is 0 Å². The van der Waals surface area contributed by atoms with Gasteiger partial charge in [-0.05, 0) is 70.5 Å². The summed E-state index contributed by atoms with van der Waals surface area (Å²) in [5.41, 5.74) is 0.355. The number of hydrogen-bond donors (Lipinski definition) is 1. The molecule has 1 heterocycles. The topological polar surface area (TPSA) is 92.9 Å². The quantitative estimate of drug-likeness (QED) is 0.277. The lowest BCUT2D eigenvalue weighted by atomic mass is 9.96. The number of hydrazine groups is 1. The van der Waals surface area contributed by atoms with Gasteiger partial charge < -0.3 is 9.64 Å². The van der Waals surface area contributed by atoms with Gasteiger partial charge in [0, 0.05) is 29.7 Å². The fraction of sp³-hybridized carbons (Fsp3) is 0.346. The van der Waals surface area contributed by atoms with Crippen molar-refractivity contribution < 1.29 is 27.9 Å². The fourth-order valence-corrected chi connectivity index (χ4v) is 3.84. The van der Waals surface area contributed by atoms with Gasteiger partial charge in [0.1, 0.15) is 5.60 Å². The Morgan fingerprint density at radius 2 is 1.80 bits per heavy atom. The minimum absolute atomic E-state index is 0.130. The van der Waals surface area contributed by atoms with E-state index in [1.54, 1.807) is 52.0 Å². The van der Waals surface area contributed by atoms with E-state index in [-0.39, 0.29) is 17.7 Å². The van der Waals surface area contributed by atoms with Gasteiger partial charge >= 0.3 is 6.09 Å². The molecule has 0 bridgehead atoms. The van der Waals surface area contributed by atoms with E-state index in [2.05, 4.69) is 0 Å². The molecule has 35 heavy (non-hydrogen) atoms. The van der Waals surface area contributed by atoms with Gasteiger partial charge in [0.2, 0.25) is 0 Å². The number of allylic oxidation sites excluding steroid dienone is 2. The van der Waals surface area contributed by atoms with Gasteiger partial charge in [0.15, 0.2) is 5.78 Å². The lowest BCUT2D eigenvalue weighted by molar-refractivity contribution is -0.112. The lowest BCUT2D eigenvalue weighted by Gasteiger charge is -2.25. The summed E-state index contributed by atoms with van der Waals surface area (Å²) in [4.78, 5) is 38.8. The predicted octanol–water partition coefficient (Wildman–Crippen LogP) is 5.27. The molecule has 9 heteroatoms. The molecule has 3 rings (SSSR count). The first kappa shape index (κ1) is 26.0. The second-order valence-electron chi connectivity index (χ2n) is 9.45. The summed E-state index contributed by atoms with van der Waals surface area (Å²) in [6.07, 6.45) is -0.470. The first-order chi connectivity index (χ1) is 16.2. The summed E-state index contributed by atoms with van der Waals surface area (Å²) < 4.78 is 35.3. The van der Waals surface area contributed by atoms with E-state index in [0.717, 1.165) is 11.1 Å². The molecule has 1 aliphatic rings. The molecule has 0 aliphatic carbocycles. The van der Waals surface area contributed by atoms with Gasteiger partial charge in [0.25, 0.3) is 11.8 Å². The van der Waals surface area contributed by atoms with Crippen LogP contribution in [0.15, 0.2) is 48.5 Å². The van der Waals surface area contributed by atoms with E-state index in [1.807, 2.05) is 0 Å². The number of nitrogens with two attached hydrogens (primary N) is 1. The number of ether oxygens (including phenoxy) is 1. The molecule has 2 aromatic carbocycles. The van der Waals surface area contributed by atoms with Gasteiger partial charge in [-0.25, -0.2) is 24.4 Å². The van der Waals surface area contributed by atoms with E-state index in [4.69, 9.17) is 10.6 Å². The number of alkyl halides is 2. The number of hydrogen-bond acceptors (Lipinski definition) is 5. The van der Waals surface area contributed by atoms with E-state index in [9.17, 15) is 23.2 Å². The van der Waals surface area contributed by atoms with Crippen LogP contribution in [-0.2, 0) is 9.53 Å². The average Bonchev–Trinajstić information content (AvgIpc) is 2.86. The Bertz CT molecular complexity index is 1200. The number of fused-ring (bicyclic) bond motifs is 1. The normalized spacial score (nSPS) is 16.3. The van der Waals surface area contributed by atoms with Crippen molar-refractivity contribution in [3.63, 3.8) is 0 Å². The summed E-state index contributed by atoms with van der Waals surface area (Å²) in [6, 6.07) is 10.8. The van der Waals surface area contributed by atoms with E-state index in [0.29, 0.717) is 16.9 Å². The van der Waals surface area contributed by atoms with Crippen molar-refractivity contribution in [2.45, 2.75) is 52.6 Å². The number of carbonyl (C=O) groups excluding carboxylic acids is 3. The molecular weight excluding hydrogens is 456 g/mol. The molecule has 0 spiro atoms. The third-order valence-electron chi connectivity index (χ3n) is 5.43. The summed E-state index contributed by atoms with van der Waals surface area (Å²) in [5, 5.41) is 0.840. The van der Waals surface area contributed by atoms with Crippen LogP contribution in [0.5, 0.6) is 0 Å². The zero-order valence-electron chi connectivity index (χ0n) is 20.4. The molecule has 0 unspecified atom stereocenters. The third kappa shape index (κ3) is 5.74. The molecule has 0 atom stereocenters.